The van der Waals surface area contributed by atoms with Crippen LogP contribution in [0.1, 0.15) is 22.7 Å². The molecule has 0 saturated heterocycles. The van der Waals surface area contributed by atoms with E-state index in [2.05, 4.69) is 25.4 Å². The maximum absolute atomic E-state index is 13.1. The summed E-state index contributed by atoms with van der Waals surface area (Å²) in [7, 11) is 3.23. The Balaban J connectivity index is 1.28. The van der Waals surface area contributed by atoms with Crippen molar-refractivity contribution in [3.05, 3.63) is 87.9 Å². The topological polar surface area (TPSA) is 130 Å². The van der Waals surface area contributed by atoms with E-state index in [1.807, 2.05) is 42.5 Å². The van der Waals surface area contributed by atoms with Gasteiger partial charge in [-0.25, -0.2) is 4.68 Å². The molecule has 12 nitrogen and oxygen atoms in total. The number of hydrogen-bond acceptors (Lipinski definition) is 10. The predicted molar refractivity (Wildman–Crippen MR) is 144 cm³/mol. The molecule has 0 unspecified atom stereocenters. The Morgan fingerprint density at radius 2 is 1.88 bits per heavy atom. The summed E-state index contributed by atoms with van der Waals surface area (Å²) in [5.41, 5.74) is 2.21. The number of nitrogens with zero attached hydrogens (tertiary/aromatic N) is 5. The molecule has 206 valence electrons. The molecule has 1 aliphatic rings. The number of aromatic amines is 1. The summed E-state index contributed by atoms with van der Waals surface area (Å²) in [6.45, 7) is 1.99. The lowest BCUT2D eigenvalue weighted by atomic mass is 10.1. The zero-order chi connectivity index (χ0) is 27.5. The third kappa shape index (κ3) is 5.34. The third-order valence-corrected chi connectivity index (χ3v) is 6.83. The Morgan fingerprint density at radius 3 is 2.67 bits per heavy atom. The van der Waals surface area contributed by atoms with E-state index in [0.717, 1.165) is 16.7 Å². The van der Waals surface area contributed by atoms with E-state index in [4.69, 9.17) is 23.4 Å². The maximum Gasteiger partial charge on any atom is 0.252 e. The van der Waals surface area contributed by atoms with Crippen molar-refractivity contribution in [2.75, 3.05) is 27.6 Å². The largest absolute Gasteiger partial charge is 0.493 e. The number of pyridine rings is 1. The van der Waals surface area contributed by atoms with Crippen molar-refractivity contribution >= 4 is 10.9 Å². The van der Waals surface area contributed by atoms with Gasteiger partial charge < -0.3 is 28.3 Å². The van der Waals surface area contributed by atoms with Gasteiger partial charge in [0.2, 0.25) is 6.79 Å². The smallest absolute Gasteiger partial charge is 0.252 e. The fraction of sp³-hybridized carbons (Fsp3) is 0.286. The molecule has 1 N–H and O–H groups in total. The lowest BCUT2D eigenvalue weighted by Crippen LogP contribution is -2.30. The molecule has 40 heavy (non-hydrogen) atoms. The van der Waals surface area contributed by atoms with Gasteiger partial charge in [-0.15, -0.1) is 5.10 Å². The van der Waals surface area contributed by atoms with Crippen LogP contribution in [0, 0.1) is 0 Å². The summed E-state index contributed by atoms with van der Waals surface area (Å²) in [6.07, 6.45) is 2.32. The van der Waals surface area contributed by atoms with Gasteiger partial charge in [-0.2, -0.15) is 0 Å². The summed E-state index contributed by atoms with van der Waals surface area (Å²) in [5.74, 6) is 4.02. The van der Waals surface area contributed by atoms with Gasteiger partial charge in [-0.3, -0.25) is 9.69 Å². The molecule has 0 spiro atoms. The molecule has 1 aliphatic heterocycles. The number of H-pyrrole nitrogens is 1. The molecule has 0 radical (unpaired) electrons. The first-order chi connectivity index (χ1) is 19.6. The standard InChI is InChI=1S/C28H28N6O6/c1-36-23-6-5-18(10-24(23)37-2)7-8-33(16-27-30-31-32-34(27)15-21-4-3-9-38-21)14-20-11-19-12-25-26(40-17-39-25)13-22(19)29-28(20)35/h3-6,9-13H,7-8,14-17H2,1-2H3,(H,29,35). The summed E-state index contributed by atoms with van der Waals surface area (Å²) in [6, 6.07) is 15.1. The molecule has 4 heterocycles. The first kappa shape index (κ1) is 25.4. The lowest BCUT2D eigenvalue weighted by Gasteiger charge is -2.22. The summed E-state index contributed by atoms with van der Waals surface area (Å²) < 4.78 is 29.0. The average Bonchev–Trinajstić information content (AvgIpc) is 3.74. The molecule has 2 aromatic carbocycles. The minimum Gasteiger partial charge on any atom is -0.493 e. The molecule has 12 heteroatoms. The van der Waals surface area contributed by atoms with Crippen LogP contribution in [0.25, 0.3) is 10.9 Å². The van der Waals surface area contributed by atoms with Gasteiger partial charge in [-0.05, 0) is 58.8 Å². The number of ether oxygens (including phenoxy) is 4. The van der Waals surface area contributed by atoms with E-state index in [1.165, 1.54) is 0 Å². The molecule has 3 aromatic heterocycles. The number of nitrogens with one attached hydrogen (secondary N) is 1. The van der Waals surface area contributed by atoms with Crippen molar-refractivity contribution < 1.29 is 23.4 Å². The Bertz CT molecular complexity index is 1680. The van der Waals surface area contributed by atoms with E-state index in [9.17, 15) is 4.79 Å². The van der Waals surface area contributed by atoms with Crippen LogP contribution < -0.4 is 24.5 Å². The molecule has 5 aromatic rings. The number of hydrogen-bond donors (Lipinski definition) is 1. The van der Waals surface area contributed by atoms with Gasteiger partial charge in [0.1, 0.15) is 12.3 Å². The van der Waals surface area contributed by atoms with Gasteiger partial charge in [-0.1, -0.05) is 6.07 Å². The Labute approximate surface area is 229 Å². The first-order valence-corrected chi connectivity index (χ1v) is 12.8. The number of rotatable bonds is 11. The van der Waals surface area contributed by atoms with Crippen molar-refractivity contribution in [3.63, 3.8) is 0 Å². The predicted octanol–water partition coefficient (Wildman–Crippen LogP) is 3.15. The molecule has 0 bridgehead atoms. The Kier molecular flexibility index (Phi) is 7.06. The average molecular weight is 545 g/mol. The maximum atomic E-state index is 13.1. The fourth-order valence-corrected chi connectivity index (χ4v) is 4.75. The van der Waals surface area contributed by atoms with Crippen LogP contribution in [0.4, 0.5) is 0 Å². The summed E-state index contributed by atoms with van der Waals surface area (Å²) >= 11 is 0. The second kappa shape index (κ2) is 11.1. The highest BCUT2D eigenvalue weighted by Gasteiger charge is 2.19. The van der Waals surface area contributed by atoms with Crippen molar-refractivity contribution in [3.8, 4) is 23.0 Å². The first-order valence-electron chi connectivity index (χ1n) is 12.8. The highest BCUT2D eigenvalue weighted by molar-refractivity contribution is 5.83. The molecular formula is C28H28N6O6. The van der Waals surface area contributed by atoms with Crippen LogP contribution in [-0.4, -0.2) is 57.6 Å². The zero-order valence-electron chi connectivity index (χ0n) is 22.1. The molecular weight excluding hydrogens is 516 g/mol. The number of tetrazole rings is 1. The SMILES string of the molecule is COc1ccc(CCN(Cc2cc3cc4c(cc3[nH]c2=O)OCO4)Cc2nnnn2Cc2ccco2)cc1OC. The third-order valence-electron chi connectivity index (χ3n) is 6.83. The highest BCUT2D eigenvalue weighted by atomic mass is 16.7. The van der Waals surface area contributed by atoms with Crippen LogP contribution >= 0.6 is 0 Å². The van der Waals surface area contributed by atoms with Crippen molar-refractivity contribution in [2.24, 2.45) is 0 Å². The van der Waals surface area contributed by atoms with E-state index in [-0.39, 0.29) is 12.4 Å². The van der Waals surface area contributed by atoms with Gasteiger partial charge in [0.15, 0.2) is 28.8 Å². The van der Waals surface area contributed by atoms with Gasteiger partial charge in [0.25, 0.3) is 5.56 Å². The number of benzene rings is 2. The van der Waals surface area contributed by atoms with Crippen LogP contribution in [0.15, 0.2) is 64.0 Å². The molecule has 0 amide bonds. The van der Waals surface area contributed by atoms with Crippen molar-refractivity contribution in [1.82, 2.24) is 30.1 Å². The monoisotopic (exact) mass is 544 g/mol. The number of methoxy groups -OCH3 is 2. The quantitative estimate of drug-likeness (QED) is 0.265. The Morgan fingerprint density at radius 1 is 1.02 bits per heavy atom. The van der Waals surface area contributed by atoms with Gasteiger partial charge in [0.05, 0.1) is 32.5 Å². The van der Waals surface area contributed by atoms with E-state index in [0.29, 0.717) is 72.5 Å². The second-order valence-electron chi connectivity index (χ2n) is 9.40. The minimum absolute atomic E-state index is 0.166. The van der Waals surface area contributed by atoms with Crippen LogP contribution in [-0.2, 0) is 26.1 Å². The highest BCUT2D eigenvalue weighted by Crippen LogP contribution is 2.35. The zero-order valence-corrected chi connectivity index (χ0v) is 22.1. The molecule has 0 atom stereocenters. The normalized spacial score (nSPS) is 12.4. The number of furan rings is 1. The lowest BCUT2D eigenvalue weighted by molar-refractivity contribution is 0.174. The molecule has 0 fully saturated rings. The fourth-order valence-electron chi connectivity index (χ4n) is 4.75. The minimum atomic E-state index is -0.169. The van der Waals surface area contributed by atoms with E-state index >= 15 is 0 Å². The number of aromatic nitrogens is 5. The molecule has 6 rings (SSSR count). The van der Waals surface area contributed by atoms with E-state index in [1.54, 1.807) is 31.2 Å². The van der Waals surface area contributed by atoms with Crippen LogP contribution in [0.5, 0.6) is 23.0 Å². The molecule has 0 aliphatic carbocycles. The number of fused-ring (bicyclic) bond motifs is 2. The summed E-state index contributed by atoms with van der Waals surface area (Å²) in [4.78, 5) is 18.3. The summed E-state index contributed by atoms with van der Waals surface area (Å²) in [5, 5.41) is 13.2. The molecule has 0 saturated carbocycles. The van der Waals surface area contributed by atoms with E-state index < -0.39 is 0 Å². The van der Waals surface area contributed by atoms with Crippen LogP contribution in [0.3, 0.4) is 0 Å². The second-order valence-corrected chi connectivity index (χ2v) is 9.40. The van der Waals surface area contributed by atoms with Crippen LogP contribution in [0.2, 0.25) is 0 Å². The van der Waals surface area contributed by atoms with Crippen molar-refractivity contribution in [2.45, 2.75) is 26.1 Å². The van der Waals surface area contributed by atoms with Gasteiger partial charge >= 0.3 is 0 Å². The van der Waals surface area contributed by atoms with Crippen molar-refractivity contribution in [1.29, 1.82) is 0 Å². The Hall–Kier alpha value is -4.84. The van der Waals surface area contributed by atoms with Gasteiger partial charge in [0, 0.05) is 30.1 Å².